The van der Waals surface area contributed by atoms with E-state index in [9.17, 15) is 4.79 Å². The molecule has 1 aliphatic heterocycles. The molecule has 3 aromatic rings. The number of rotatable bonds is 4. The summed E-state index contributed by atoms with van der Waals surface area (Å²) in [5.41, 5.74) is 2.92. The van der Waals surface area contributed by atoms with Gasteiger partial charge >= 0.3 is 0 Å². The minimum Gasteiger partial charge on any atom is -0.471 e. The molecule has 2 aromatic carbocycles. The molecule has 4 nitrogen and oxygen atoms in total. The first-order valence-electron chi connectivity index (χ1n) is 8.42. The Hall–Kier alpha value is -2.85. The van der Waals surface area contributed by atoms with Crippen molar-refractivity contribution < 1.29 is 9.53 Å². The molecule has 1 aliphatic rings. The normalized spacial score (nSPS) is 14.0. The number of carbonyl (C=O) groups excluding carboxylic acids is 1. The zero-order valence-electron chi connectivity index (χ0n) is 14.0. The van der Waals surface area contributed by atoms with Crippen molar-refractivity contribution in [1.29, 1.82) is 0 Å². The Labute approximate surface area is 157 Å². The maximum absolute atomic E-state index is 12.6. The van der Waals surface area contributed by atoms with Gasteiger partial charge in [-0.3, -0.25) is 4.79 Å². The lowest BCUT2D eigenvalue weighted by atomic mass is 10.0. The lowest BCUT2D eigenvalue weighted by molar-refractivity contribution is 0.0160. The van der Waals surface area contributed by atoms with Crippen LogP contribution in [-0.4, -0.2) is 35.0 Å². The van der Waals surface area contributed by atoms with E-state index in [1.807, 2.05) is 42.5 Å². The number of ether oxygens (including phenoxy) is 1. The van der Waals surface area contributed by atoms with E-state index in [4.69, 9.17) is 16.3 Å². The first kappa shape index (κ1) is 16.6. The molecule has 2 heterocycles. The molecular weight excluding hydrogens is 348 g/mol. The van der Waals surface area contributed by atoms with Crippen LogP contribution in [0.15, 0.2) is 72.9 Å². The molecule has 130 valence electrons. The van der Waals surface area contributed by atoms with Crippen LogP contribution in [0.25, 0.3) is 11.1 Å². The molecule has 5 heteroatoms. The van der Waals surface area contributed by atoms with Gasteiger partial charge in [-0.2, -0.15) is 0 Å². The molecule has 0 unspecified atom stereocenters. The zero-order valence-corrected chi connectivity index (χ0v) is 14.8. The lowest BCUT2D eigenvalue weighted by Crippen LogP contribution is -2.56. The molecule has 0 spiro atoms. The highest BCUT2D eigenvalue weighted by Gasteiger charge is 2.33. The van der Waals surface area contributed by atoms with Gasteiger partial charge in [-0.25, -0.2) is 4.98 Å². The van der Waals surface area contributed by atoms with Crippen LogP contribution in [0.3, 0.4) is 0 Å². The summed E-state index contributed by atoms with van der Waals surface area (Å²) in [6.07, 6.45) is 1.52. The molecule has 0 radical (unpaired) electrons. The van der Waals surface area contributed by atoms with Crippen LogP contribution >= 0.6 is 11.6 Å². The molecule has 1 saturated heterocycles. The van der Waals surface area contributed by atoms with Crippen LogP contribution in [0.2, 0.25) is 5.02 Å². The molecule has 0 bridgehead atoms. The van der Waals surface area contributed by atoms with Crippen molar-refractivity contribution in [2.75, 3.05) is 13.1 Å². The second-order valence-electron chi connectivity index (χ2n) is 6.21. The van der Waals surface area contributed by atoms with Gasteiger partial charge in [-0.1, -0.05) is 54.1 Å². The molecule has 0 atom stereocenters. The maximum Gasteiger partial charge on any atom is 0.254 e. The number of hydrogen-bond acceptors (Lipinski definition) is 3. The quantitative estimate of drug-likeness (QED) is 0.693. The van der Waals surface area contributed by atoms with Crippen molar-refractivity contribution in [3.8, 4) is 17.0 Å². The molecule has 26 heavy (non-hydrogen) atoms. The number of carbonyl (C=O) groups is 1. The summed E-state index contributed by atoms with van der Waals surface area (Å²) in [5.74, 6) is 0.548. The minimum absolute atomic E-state index is 0.0218. The topological polar surface area (TPSA) is 42.4 Å². The molecule has 0 N–H and O–H groups in total. The van der Waals surface area contributed by atoms with Crippen LogP contribution in [0.5, 0.6) is 5.88 Å². The van der Waals surface area contributed by atoms with Crippen molar-refractivity contribution in [1.82, 2.24) is 9.88 Å². The van der Waals surface area contributed by atoms with Gasteiger partial charge < -0.3 is 9.64 Å². The van der Waals surface area contributed by atoms with E-state index in [0.29, 0.717) is 29.6 Å². The van der Waals surface area contributed by atoms with E-state index < -0.39 is 0 Å². The second kappa shape index (κ2) is 7.18. The van der Waals surface area contributed by atoms with Crippen LogP contribution in [0.4, 0.5) is 0 Å². The largest absolute Gasteiger partial charge is 0.471 e. The first-order valence-corrected chi connectivity index (χ1v) is 8.80. The number of nitrogens with zero attached hydrogens (tertiary/aromatic N) is 2. The van der Waals surface area contributed by atoms with E-state index in [-0.39, 0.29) is 12.0 Å². The lowest BCUT2D eigenvalue weighted by Gasteiger charge is -2.38. The number of benzene rings is 2. The van der Waals surface area contributed by atoms with Gasteiger partial charge in [0.05, 0.1) is 18.1 Å². The number of likely N-dealkylation sites (tertiary alicyclic amines) is 1. The Morgan fingerprint density at radius 3 is 2.31 bits per heavy atom. The minimum atomic E-state index is -0.0313. The Kier molecular flexibility index (Phi) is 4.59. The van der Waals surface area contributed by atoms with Crippen molar-refractivity contribution >= 4 is 17.5 Å². The monoisotopic (exact) mass is 364 g/mol. The summed E-state index contributed by atoms with van der Waals surface area (Å²) >= 11 is 5.81. The predicted molar refractivity (Wildman–Crippen MR) is 101 cm³/mol. The SMILES string of the molecule is O=C(c1ccc(-c2ccccc2)cc1)N1CC(Oc2ccc(Cl)cn2)C1. The van der Waals surface area contributed by atoms with E-state index in [2.05, 4.69) is 17.1 Å². The summed E-state index contributed by atoms with van der Waals surface area (Å²) < 4.78 is 5.73. The molecule has 1 amide bonds. The van der Waals surface area contributed by atoms with E-state index in [0.717, 1.165) is 11.1 Å². The number of halogens is 1. The third kappa shape index (κ3) is 3.55. The van der Waals surface area contributed by atoms with Gasteiger partial charge in [-0.05, 0) is 29.3 Å². The van der Waals surface area contributed by atoms with Gasteiger partial charge in [0.25, 0.3) is 5.91 Å². The first-order chi connectivity index (χ1) is 12.7. The standard InChI is InChI=1S/C21H17ClN2O2/c22-18-10-11-20(23-12-18)26-19-13-24(14-19)21(25)17-8-6-16(7-9-17)15-4-2-1-3-5-15/h1-12,19H,13-14H2. The number of pyridine rings is 1. The Morgan fingerprint density at radius 1 is 0.962 bits per heavy atom. The third-order valence-electron chi connectivity index (χ3n) is 4.36. The van der Waals surface area contributed by atoms with Crippen molar-refractivity contribution in [3.63, 3.8) is 0 Å². The van der Waals surface area contributed by atoms with Gasteiger partial charge in [0, 0.05) is 17.8 Å². The molecule has 0 saturated carbocycles. The van der Waals surface area contributed by atoms with Gasteiger partial charge in [0.15, 0.2) is 0 Å². The summed E-state index contributed by atoms with van der Waals surface area (Å²) in [7, 11) is 0. The smallest absolute Gasteiger partial charge is 0.254 e. The van der Waals surface area contributed by atoms with E-state index in [1.54, 1.807) is 23.2 Å². The van der Waals surface area contributed by atoms with Crippen LogP contribution in [0.1, 0.15) is 10.4 Å². The number of hydrogen-bond donors (Lipinski definition) is 0. The van der Waals surface area contributed by atoms with Crippen molar-refractivity contribution in [2.24, 2.45) is 0 Å². The molecule has 0 aliphatic carbocycles. The number of amides is 1. The average molecular weight is 365 g/mol. The second-order valence-corrected chi connectivity index (χ2v) is 6.64. The Bertz CT molecular complexity index is 890. The summed E-state index contributed by atoms with van der Waals surface area (Å²) in [6, 6.07) is 21.3. The predicted octanol–water partition coefficient (Wildman–Crippen LogP) is 4.31. The highest BCUT2D eigenvalue weighted by molar-refractivity contribution is 6.30. The van der Waals surface area contributed by atoms with Gasteiger partial charge in [0.1, 0.15) is 6.10 Å². The molecular formula is C21H17ClN2O2. The molecule has 4 rings (SSSR count). The fraction of sp³-hybridized carbons (Fsp3) is 0.143. The average Bonchev–Trinajstić information content (AvgIpc) is 2.66. The third-order valence-corrected chi connectivity index (χ3v) is 4.59. The van der Waals surface area contributed by atoms with E-state index in [1.165, 1.54) is 0 Å². The van der Waals surface area contributed by atoms with Gasteiger partial charge in [-0.15, -0.1) is 0 Å². The fourth-order valence-corrected chi connectivity index (χ4v) is 3.01. The van der Waals surface area contributed by atoms with Crippen molar-refractivity contribution in [2.45, 2.75) is 6.10 Å². The van der Waals surface area contributed by atoms with Crippen LogP contribution in [-0.2, 0) is 0 Å². The van der Waals surface area contributed by atoms with Gasteiger partial charge in [0.2, 0.25) is 5.88 Å². The summed E-state index contributed by atoms with van der Waals surface area (Å²) in [4.78, 5) is 18.4. The Balaban J connectivity index is 1.35. The van der Waals surface area contributed by atoms with Crippen LogP contribution < -0.4 is 4.74 Å². The molecule has 1 aromatic heterocycles. The zero-order chi connectivity index (χ0) is 17.9. The Morgan fingerprint density at radius 2 is 1.65 bits per heavy atom. The maximum atomic E-state index is 12.6. The number of aromatic nitrogens is 1. The highest BCUT2D eigenvalue weighted by atomic mass is 35.5. The molecule has 1 fully saturated rings. The summed E-state index contributed by atoms with van der Waals surface area (Å²) in [5, 5.41) is 0.571. The van der Waals surface area contributed by atoms with E-state index >= 15 is 0 Å². The highest BCUT2D eigenvalue weighted by Crippen LogP contribution is 2.22. The summed E-state index contributed by atoms with van der Waals surface area (Å²) in [6.45, 7) is 1.12. The van der Waals surface area contributed by atoms with Crippen LogP contribution in [0, 0.1) is 0 Å². The fourth-order valence-electron chi connectivity index (χ4n) is 2.90. The van der Waals surface area contributed by atoms with Crippen molar-refractivity contribution in [3.05, 3.63) is 83.5 Å².